The number of hydrogen-bond donors (Lipinski definition) is 2. The van der Waals surface area contributed by atoms with Crippen molar-refractivity contribution in [1.82, 2.24) is 0 Å². The minimum Gasteiger partial charge on any atom is -0.492 e. The molecule has 112 valence electrons. The molecule has 0 saturated heterocycles. The summed E-state index contributed by atoms with van der Waals surface area (Å²) in [5.74, 6) is -1.10. The summed E-state index contributed by atoms with van der Waals surface area (Å²) in [6.45, 7) is 0.261. The number of rotatable bonds is 3. The minimum absolute atomic E-state index is 0.0193. The summed E-state index contributed by atoms with van der Waals surface area (Å²) in [5, 5.41) is 12.0. The molecule has 1 aliphatic rings. The number of carbonyl (C=O) groups excluding carboxylic acids is 1. The smallest absolute Gasteiger partial charge is 0.335 e. The summed E-state index contributed by atoms with van der Waals surface area (Å²) in [4.78, 5) is 23.4. The van der Waals surface area contributed by atoms with E-state index in [2.05, 4.69) is 5.32 Å². The Kier molecular flexibility index (Phi) is 3.73. The molecule has 1 atom stereocenters. The normalized spacial score (nSPS) is 15.8. The van der Waals surface area contributed by atoms with E-state index in [4.69, 9.17) is 21.4 Å². The van der Waals surface area contributed by atoms with Gasteiger partial charge in [-0.2, -0.15) is 0 Å². The number of fused-ring (bicyclic) bond motifs is 1. The molecule has 0 fully saturated rings. The molecule has 1 amide bonds. The van der Waals surface area contributed by atoms with Crippen LogP contribution in [0.15, 0.2) is 42.5 Å². The van der Waals surface area contributed by atoms with Crippen LogP contribution in [0.3, 0.4) is 0 Å². The molecule has 0 saturated carbocycles. The van der Waals surface area contributed by atoms with E-state index in [1.54, 1.807) is 0 Å². The van der Waals surface area contributed by atoms with Crippen LogP contribution in [0.25, 0.3) is 0 Å². The Morgan fingerprint density at radius 1 is 1.23 bits per heavy atom. The largest absolute Gasteiger partial charge is 0.492 e. The summed E-state index contributed by atoms with van der Waals surface area (Å²) < 4.78 is 5.47. The predicted octanol–water partition coefficient (Wildman–Crippen LogP) is 3.15. The van der Waals surface area contributed by atoms with Crippen molar-refractivity contribution in [2.24, 2.45) is 0 Å². The van der Waals surface area contributed by atoms with Crippen LogP contribution in [0.1, 0.15) is 21.8 Å². The maximum Gasteiger partial charge on any atom is 0.335 e. The maximum atomic E-state index is 12.4. The predicted molar refractivity (Wildman–Crippen MR) is 81.7 cm³/mol. The molecule has 2 aromatic rings. The number of ether oxygens (including phenoxy) is 1. The molecule has 22 heavy (non-hydrogen) atoms. The van der Waals surface area contributed by atoms with E-state index in [0.717, 1.165) is 5.56 Å². The van der Waals surface area contributed by atoms with E-state index in [-0.39, 0.29) is 23.1 Å². The van der Waals surface area contributed by atoms with Crippen molar-refractivity contribution >= 4 is 29.2 Å². The first-order valence-electron chi connectivity index (χ1n) is 6.61. The zero-order valence-corrected chi connectivity index (χ0v) is 12.1. The van der Waals surface area contributed by atoms with Crippen LogP contribution in [0.4, 0.5) is 5.69 Å². The van der Waals surface area contributed by atoms with Crippen molar-refractivity contribution in [2.75, 3.05) is 11.9 Å². The molecule has 1 heterocycles. The van der Waals surface area contributed by atoms with Gasteiger partial charge in [0.1, 0.15) is 18.3 Å². The van der Waals surface area contributed by atoms with Gasteiger partial charge in [-0.3, -0.25) is 4.79 Å². The average molecular weight is 318 g/mol. The van der Waals surface area contributed by atoms with Crippen molar-refractivity contribution in [3.05, 3.63) is 58.6 Å². The first-order chi connectivity index (χ1) is 10.5. The highest BCUT2D eigenvalue weighted by atomic mass is 35.5. The van der Waals surface area contributed by atoms with Crippen LogP contribution in [0.2, 0.25) is 5.02 Å². The number of aromatic carboxylic acids is 1. The zero-order valence-electron chi connectivity index (χ0n) is 11.4. The molecule has 6 heteroatoms. The van der Waals surface area contributed by atoms with Crippen LogP contribution >= 0.6 is 11.6 Å². The van der Waals surface area contributed by atoms with E-state index in [1.165, 1.54) is 18.2 Å². The summed E-state index contributed by atoms with van der Waals surface area (Å²) in [6, 6.07) is 11.5. The monoisotopic (exact) mass is 317 g/mol. The Bertz CT molecular complexity index is 760. The molecule has 2 aromatic carbocycles. The lowest BCUT2D eigenvalue weighted by atomic mass is 10.0. The second-order valence-electron chi connectivity index (χ2n) is 4.92. The Hall–Kier alpha value is -2.53. The molecule has 0 radical (unpaired) electrons. The zero-order chi connectivity index (χ0) is 15.7. The number of anilines is 1. The van der Waals surface area contributed by atoms with Gasteiger partial charge in [0, 0.05) is 16.3 Å². The fourth-order valence-corrected chi connectivity index (χ4v) is 2.63. The highest BCUT2D eigenvalue weighted by Gasteiger charge is 2.30. The number of carboxylic acid groups (broad SMARTS) is 1. The number of hydrogen-bond acceptors (Lipinski definition) is 3. The highest BCUT2D eigenvalue weighted by Crippen LogP contribution is 2.34. The molecule has 0 aromatic heterocycles. The van der Waals surface area contributed by atoms with Gasteiger partial charge in [0.15, 0.2) is 0 Å². The first-order valence-corrected chi connectivity index (χ1v) is 6.99. The SMILES string of the molecule is O=C(O)c1cc(Cl)cc(NC(=O)C2COc3ccccc32)c1. The van der Waals surface area contributed by atoms with Gasteiger partial charge in [0.25, 0.3) is 0 Å². The van der Waals surface area contributed by atoms with Crippen LogP contribution in [-0.4, -0.2) is 23.6 Å². The summed E-state index contributed by atoms with van der Waals surface area (Å²) >= 11 is 5.88. The third-order valence-electron chi connectivity index (χ3n) is 3.43. The number of nitrogens with one attached hydrogen (secondary N) is 1. The molecular weight excluding hydrogens is 306 g/mol. The minimum atomic E-state index is -1.10. The third kappa shape index (κ3) is 2.76. The van der Waals surface area contributed by atoms with Gasteiger partial charge in [-0.15, -0.1) is 0 Å². The number of carboxylic acids is 1. The molecule has 5 nitrogen and oxygen atoms in total. The van der Waals surface area contributed by atoms with Crippen molar-refractivity contribution < 1.29 is 19.4 Å². The van der Waals surface area contributed by atoms with E-state index in [1.807, 2.05) is 24.3 Å². The second kappa shape index (κ2) is 5.69. The van der Waals surface area contributed by atoms with Crippen LogP contribution < -0.4 is 10.1 Å². The lowest BCUT2D eigenvalue weighted by Crippen LogP contribution is -2.22. The molecule has 0 spiro atoms. The Morgan fingerprint density at radius 2 is 2.00 bits per heavy atom. The van der Waals surface area contributed by atoms with Gasteiger partial charge >= 0.3 is 5.97 Å². The number of halogens is 1. The van der Waals surface area contributed by atoms with E-state index in [9.17, 15) is 9.59 Å². The second-order valence-corrected chi connectivity index (χ2v) is 5.36. The molecule has 0 bridgehead atoms. The van der Waals surface area contributed by atoms with Crippen molar-refractivity contribution in [3.8, 4) is 5.75 Å². The highest BCUT2D eigenvalue weighted by molar-refractivity contribution is 6.31. The van der Waals surface area contributed by atoms with Gasteiger partial charge in [0.2, 0.25) is 5.91 Å². The lowest BCUT2D eigenvalue weighted by Gasteiger charge is -2.11. The third-order valence-corrected chi connectivity index (χ3v) is 3.65. The summed E-state index contributed by atoms with van der Waals surface area (Å²) in [7, 11) is 0. The molecule has 1 unspecified atom stereocenters. The van der Waals surface area contributed by atoms with Gasteiger partial charge in [-0.1, -0.05) is 29.8 Å². The molecule has 0 aliphatic carbocycles. The Balaban J connectivity index is 1.82. The van der Waals surface area contributed by atoms with Crippen LogP contribution in [0.5, 0.6) is 5.75 Å². The van der Waals surface area contributed by atoms with E-state index in [0.29, 0.717) is 11.4 Å². The Labute approximate surface area is 131 Å². The number of para-hydroxylation sites is 1. The molecular formula is C16H12ClNO4. The fraction of sp³-hybridized carbons (Fsp3) is 0.125. The van der Waals surface area contributed by atoms with Crippen LogP contribution in [-0.2, 0) is 4.79 Å². The number of carbonyl (C=O) groups is 2. The maximum absolute atomic E-state index is 12.4. The number of amides is 1. The number of benzene rings is 2. The quantitative estimate of drug-likeness (QED) is 0.911. The van der Waals surface area contributed by atoms with Crippen LogP contribution in [0, 0.1) is 0 Å². The van der Waals surface area contributed by atoms with E-state index >= 15 is 0 Å². The molecule has 2 N–H and O–H groups in total. The standard InChI is InChI=1S/C16H12ClNO4/c17-10-5-9(16(20)21)6-11(7-10)18-15(19)13-8-22-14-4-2-1-3-12(13)14/h1-7,13H,8H2,(H,18,19)(H,20,21). The molecule has 1 aliphatic heterocycles. The Morgan fingerprint density at radius 3 is 2.77 bits per heavy atom. The van der Waals surface area contributed by atoms with Crippen molar-refractivity contribution in [3.63, 3.8) is 0 Å². The van der Waals surface area contributed by atoms with Gasteiger partial charge in [-0.05, 0) is 24.3 Å². The van der Waals surface area contributed by atoms with E-state index < -0.39 is 11.9 Å². The lowest BCUT2D eigenvalue weighted by molar-refractivity contribution is -0.117. The fourth-order valence-electron chi connectivity index (χ4n) is 2.39. The average Bonchev–Trinajstić information content (AvgIpc) is 2.90. The van der Waals surface area contributed by atoms with Gasteiger partial charge in [0.05, 0.1) is 5.56 Å². The summed E-state index contributed by atoms with van der Waals surface area (Å²) in [6.07, 6.45) is 0. The first kappa shape index (κ1) is 14.4. The van der Waals surface area contributed by atoms with Gasteiger partial charge < -0.3 is 15.2 Å². The van der Waals surface area contributed by atoms with Gasteiger partial charge in [-0.25, -0.2) is 4.79 Å². The summed E-state index contributed by atoms with van der Waals surface area (Å²) in [5.41, 5.74) is 1.19. The molecule has 3 rings (SSSR count). The van der Waals surface area contributed by atoms with Crippen molar-refractivity contribution in [1.29, 1.82) is 0 Å². The topological polar surface area (TPSA) is 75.6 Å². The van der Waals surface area contributed by atoms with Crippen molar-refractivity contribution in [2.45, 2.75) is 5.92 Å².